The zero-order valence-electron chi connectivity index (χ0n) is 14.5. The first-order valence-electron chi connectivity index (χ1n) is 8.92. The molecule has 0 radical (unpaired) electrons. The van der Waals surface area contributed by atoms with Gasteiger partial charge < -0.3 is 19.9 Å². The molecule has 6 nitrogen and oxygen atoms in total. The Bertz CT molecular complexity index is 633. The monoisotopic (exact) mass is 367 g/mol. The van der Waals surface area contributed by atoms with Gasteiger partial charge in [0, 0.05) is 31.9 Å². The van der Waals surface area contributed by atoms with Crippen molar-refractivity contribution >= 4 is 17.6 Å². The van der Waals surface area contributed by atoms with Crippen LogP contribution in [0.1, 0.15) is 25.7 Å². The molecule has 1 aromatic carbocycles. The van der Waals surface area contributed by atoms with Gasteiger partial charge in [0.05, 0.1) is 5.92 Å². The second-order valence-electron chi connectivity index (χ2n) is 6.65. The summed E-state index contributed by atoms with van der Waals surface area (Å²) in [6, 6.07) is 5.47. The maximum atomic E-state index is 12.5. The Balaban J connectivity index is 1.54. The molecule has 26 heavy (non-hydrogen) atoms. The predicted octanol–water partition coefficient (Wildman–Crippen LogP) is 3.15. The third-order valence-electron chi connectivity index (χ3n) is 4.81. The Kier molecular flexibility index (Phi) is 5.90. The van der Waals surface area contributed by atoms with E-state index in [-0.39, 0.29) is 23.6 Å². The van der Waals surface area contributed by atoms with Crippen molar-refractivity contribution in [3.05, 3.63) is 24.3 Å². The van der Waals surface area contributed by atoms with E-state index in [1.807, 2.05) is 4.90 Å². The molecule has 2 saturated heterocycles. The molecular weight excluding hydrogens is 344 g/mol. The number of nitrogens with zero attached hydrogens (tertiary/aromatic N) is 2. The topological polar surface area (TPSA) is 61.9 Å². The molecule has 3 amide bonds. The summed E-state index contributed by atoms with van der Waals surface area (Å²) in [5.74, 6) is 0.0372. The quantitative estimate of drug-likeness (QED) is 0.889. The lowest BCUT2D eigenvalue weighted by atomic mass is 9.97. The summed E-state index contributed by atoms with van der Waals surface area (Å²) in [5, 5.41) is 2.74. The highest BCUT2D eigenvalue weighted by atomic mass is 19.3. The summed E-state index contributed by atoms with van der Waals surface area (Å²) < 4.78 is 28.6. The number of anilines is 1. The summed E-state index contributed by atoms with van der Waals surface area (Å²) in [5.41, 5.74) is 0.490. The van der Waals surface area contributed by atoms with Crippen molar-refractivity contribution in [3.8, 4) is 5.75 Å². The van der Waals surface area contributed by atoms with E-state index in [9.17, 15) is 18.4 Å². The fourth-order valence-corrected chi connectivity index (χ4v) is 3.48. The zero-order valence-corrected chi connectivity index (χ0v) is 14.5. The van der Waals surface area contributed by atoms with Crippen LogP contribution < -0.4 is 10.1 Å². The van der Waals surface area contributed by atoms with Crippen molar-refractivity contribution < 1.29 is 23.1 Å². The highest BCUT2D eigenvalue weighted by Gasteiger charge is 2.32. The number of alkyl halides is 2. The minimum Gasteiger partial charge on any atom is -0.435 e. The molecule has 8 heteroatoms. The van der Waals surface area contributed by atoms with Crippen LogP contribution in [-0.2, 0) is 4.79 Å². The molecule has 0 aromatic heterocycles. The van der Waals surface area contributed by atoms with Crippen molar-refractivity contribution in [1.82, 2.24) is 9.80 Å². The first-order chi connectivity index (χ1) is 12.5. The Hall–Kier alpha value is -2.38. The summed E-state index contributed by atoms with van der Waals surface area (Å²) >= 11 is 0. The van der Waals surface area contributed by atoms with E-state index in [0.29, 0.717) is 18.8 Å². The number of nitrogens with one attached hydrogen (secondary N) is 1. The van der Waals surface area contributed by atoms with Gasteiger partial charge in [-0.3, -0.25) is 4.79 Å². The van der Waals surface area contributed by atoms with Crippen molar-refractivity contribution in [1.29, 1.82) is 0 Å². The van der Waals surface area contributed by atoms with Gasteiger partial charge in [0.25, 0.3) is 0 Å². The largest absolute Gasteiger partial charge is 0.435 e. The first-order valence-corrected chi connectivity index (χ1v) is 8.92. The molecule has 3 rings (SSSR count). The number of rotatable bonds is 4. The smallest absolute Gasteiger partial charge is 0.387 e. The van der Waals surface area contributed by atoms with E-state index in [0.717, 1.165) is 38.8 Å². The summed E-state index contributed by atoms with van der Waals surface area (Å²) in [7, 11) is 0. The average Bonchev–Trinajstić information content (AvgIpc) is 3.17. The lowest BCUT2D eigenvalue weighted by Crippen LogP contribution is -2.47. The van der Waals surface area contributed by atoms with Crippen molar-refractivity contribution in [2.75, 3.05) is 31.5 Å². The third kappa shape index (κ3) is 4.62. The van der Waals surface area contributed by atoms with Crippen LogP contribution in [0.3, 0.4) is 0 Å². The standard InChI is InChI=1S/C18H23F2N3O3/c19-17(20)26-15-7-5-14(6-8-15)21-18(25)23-11-3-4-13(12-23)16(24)22-9-1-2-10-22/h5-8,13,17H,1-4,9-12H2,(H,21,25)/t13-/m0/s1. The molecule has 142 valence electrons. The zero-order chi connectivity index (χ0) is 18.5. The van der Waals surface area contributed by atoms with Crippen LogP contribution in [0.25, 0.3) is 0 Å². The second kappa shape index (κ2) is 8.33. The fraction of sp³-hybridized carbons (Fsp3) is 0.556. The number of hydrogen-bond acceptors (Lipinski definition) is 3. The minimum atomic E-state index is -2.88. The molecule has 0 saturated carbocycles. The maximum Gasteiger partial charge on any atom is 0.387 e. The van der Waals surface area contributed by atoms with Crippen LogP contribution >= 0.6 is 0 Å². The molecular formula is C18H23F2N3O3. The summed E-state index contributed by atoms with van der Waals surface area (Å²) in [6.45, 7) is -0.243. The van der Waals surface area contributed by atoms with Gasteiger partial charge in [0.2, 0.25) is 5.91 Å². The van der Waals surface area contributed by atoms with Gasteiger partial charge in [-0.05, 0) is 49.9 Å². The van der Waals surface area contributed by atoms with Gasteiger partial charge in [-0.2, -0.15) is 8.78 Å². The number of benzene rings is 1. The van der Waals surface area contributed by atoms with Crippen molar-refractivity contribution in [3.63, 3.8) is 0 Å². The van der Waals surface area contributed by atoms with Crippen LogP contribution in [0.15, 0.2) is 24.3 Å². The molecule has 0 aliphatic carbocycles. The number of piperidine rings is 1. The van der Waals surface area contributed by atoms with E-state index in [1.54, 1.807) is 4.90 Å². The number of carbonyl (C=O) groups excluding carboxylic acids is 2. The van der Waals surface area contributed by atoms with E-state index in [2.05, 4.69) is 10.1 Å². The Morgan fingerprint density at radius 2 is 1.69 bits per heavy atom. The number of carbonyl (C=O) groups is 2. The number of urea groups is 1. The van der Waals surface area contributed by atoms with Gasteiger partial charge in [-0.15, -0.1) is 0 Å². The highest BCUT2D eigenvalue weighted by Crippen LogP contribution is 2.23. The van der Waals surface area contributed by atoms with Crippen LogP contribution in [-0.4, -0.2) is 54.5 Å². The van der Waals surface area contributed by atoms with E-state index in [1.165, 1.54) is 24.3 Å². The number of halogens is 2. The van der Waals surface area contributed by atoms with Crippen LogP contribution in [0.4, 0.5) is 19.3 Å². The van der Waals surface area contributed by atoms with Crippen LogP contribution in [0.2, 0.25) is 0 Å². The molecule has 0 unspecified atom stereocenters. The second-order valence-corrected chi connectivity index (χ2v) is 6.65. The Morgan fingerprint density at radius 3 is 2.35 bits per heavy atom. The molecule has 0 bridgehead atoms. The molecule has 2 aliphatic rings. The number of hydrogen-bond donors (Lipinski definition) is 1. The molecule has 1 N–H and O–H groups in total. The fourth-order valence-electron chi connectivity index (χ4n) is 3.48. The lowest BCUT2D eigenvalue weighted by Gasteiger charge is -2.33. The minimum absolute atomic E-state index is 0.0345. The molecule has 1 atom stereocenters. The predicted molar refractivity (Wildman–Crippen MR) is 92.2 cm³/mol. The van der Waals surface area contributed by atoms with Gasteiger partial charge in [0.1, 0.15) is 5.75 Å². The van der Waals surface area contributed by atoms with E-state index in [4.69, 9.17) is 0 Å². The molecule has 2 aliphatic heterocycles. The van der Waals surface area contributed by atoms with Crippen molar-refractivity contribution in [2.45, 2.75) is 32.3 Å². The Morgan fingerprint density at radius 1 is 1.04 bits per heavy atom. The third-order valence-corrected chi connectivity index (χ3v) is 4.81. The summed E-state index contributed by atoms with van der Waals surface area (Å²) in [4.78, 5) is 28.5. The van der Waals surface area contributed by atoms with E-state index >= 15 is 0 Å². The molecule has 2 heterocycles. The average molecular weight is 367 g/mol. The van der Waals surface area contributed by atoms with Gasteiger partial charge in [0.15, 0.2) is 0 Å². The molecule has 2 fully saturated rings. The van der Waals surface area contributed by atoms with Gasteiger partial charge in [-0.1, -0.05) is 0 Å². The SMILES string of the molecule is O=C(Nc1ccc(OC(F)F)cc1)N1CCC[C@H](C(=O)N2CCCC2)C1. The van der Waals surface area contributed by atoms with Crippen LogP contribution in [0.5, 0.6) is 5.75 Å². The summed E-state index contributed by atoms with van der Waals surface area (Å²) in [6.07, 6.45) is 3.69. The van der Waals surface area contributed by atoms with Crippen LogP contribution in [0, 0.1) is 5.92 Å². The lowest BCUT2D eigenvalue weighted by molar-refractivity contribution is -0.135. The van der Waals surface area contributed by atoms with E-state index < -0.39 is 6.61 Å². The normalized spacial score (nSPS) is 20.3. The highest BCUT2D eigenvalue weighted by molar-refractivity contribution is 5.90. The number of ether oxygens (including phenoxy) is 1. The Labute approximate surface area is 151 Å². The number of likely N-dealkylation sites (tertiary alicyclic amines) is 2. The first kappa shape index (κ1) is 18.4. The molecule has 0 spiro atoms. The van der Waals surface area contributed by atoms with Gasteiger partial charge >= 0.3 is 12.6 Å². The number of amides is 3. The maximum absolute atomic E-state index is 12.5. The molecule has 1 aromatic rings. The van der Waals surface area contributed by atoms with Crippen molar-refractivity contribution in [2.24, 2.45) is 5.92 Å². The van der Waals surface area contributed by atoms with Gasteiger partial charge in [-0.25, -0.2) is 4.79 Å².